The van der Waals surface area contributed by atoms with Crippen molar-refractivity contribution in [2.24, 2.45) is 0 Å². The van der Waals surface area contributed by atoms with Crippen LogP contribution in [0.5, 0.6) is 5.75 Å². The molecule has 1 heterocycles. The van der Waals surface area contributed by atoms with Gasteiger partial charge in [-0.25, -0.2) is 14.8 Å². The SMILES string of the molecule is CSC(Oc1ccc2ncncc2c1)C(=O)O. The summed E-state index contributed by atoms with van der Waals surface area (Å²) in [6, 6.07) is 5.19. The summed E-state index contributed by atoms with van der Waals surface area (Å²) in [5.41, 5.74) is -0.111. The standard InChI is InChI=1S/C11H10N2O3S/c1-17-11(10(14)15)16-8-2-3-9-7(4-8)5-12-6-13-9/h2-6,11H,1H3,(H,14,15). The largest absolute Gasteiger partial charge is 0.478 e. The molecule has 0 aliphatic rings. The fourth-order valence-corrected chi connectivity index (χ4v) is 1.77. The molecule has 17 heavy (non-hydrogen) atoms. The molecule has 1 aromatic heterocycles. The number of fused-ring (bicyclic) bond motifs is 1. The van der Waals surface area contributed by atoms with Crippen molar-refractivity contribution >= 4 is 28.6 Å². The zero-order valence-electron chi connectivity index (χ0n) is 9.03. The third-order valence-corrected chi connectivity index (χ3v) is 2.86. The van der Waals surface area contributed by atoms with Crippen molar-refractivity contribution in [1.29, 1.82) is 0 Å². The molecule has 1 N–H and O–H groups in total. The maximum absolute atomic E-state index is 10.8. The minimum Gasteiger partial charge on any atom is -0.478 e. The molecule has 0 saturated heterocycles. The van der Waals surface area contributed by atoms with Crippen LogP contribution in [0.3, 0.4) is 0 Å². The number of nitrogens with zero attached hydrogens (tertiary/aromatic N) is 2. The highest BCUT2D eigenvalue weighted by molar-refractivity contribution is 7.99. The molecule has 88 valence electrons. The van der Waals surface area contributed by atoms with E-state index in [1.54, 1.807) is 30.7 Å². The van der Waals surface area contributed by atoms with Crippen LogP contribution in [0, 0.1) is 0 Å². The number of aliphatic carboxylic acids is 1. The van der Waals surface area contributed by atoms with Gasteiger partial charge >= 0.3 is 5.97 Å². The van der Waals surface area contributed by atoms with Crippen LogP contribution in [0.25, 0.3) is 10.9 Å². The fraction of sp³-hybridized carbons (Fsp3) is 0.182. The molecular weight excluding hydrogens is 240 g/mol. The van der Waals surface area contributed by atoms with E-state index in [1.165, 1.54) is 6.33 Å². The smallest absolute Gasteiger partial charge is 0.355 e. The molecule has 1 atom stereocenters. The summed E-state index contributed by atoms with van der Waals surface area (Å²) < 4.78 is 5.34. The molecule has 0 fully saturated rings. The van der Waals surface area contributed by atoms with Crippen LogP contribution >= 0.6 is 11.8 Å². The number of carboxylic acids is 1. The highest BCUT2D eigenvalue weighted by atomic mass is 32.2. The molecule has 2 aromatic rings. The van der Waals surface area contributed by atoms with Crippen molar-refractivity contribution in [1.82, 2.24) is 9.97 Å². The summed E-state index contributed by atoms with van der Waals surface area (Å²) >= 11 is 1.13. The first-order valence-corrected chi connectivity index (χ1v) is 6.11. The maximum Gasteiger partial charge on any atom is 0.355 e. The molecule has 0 amide bonds. The molecule has 0 aliphatic carbocycles. The Morgan fingerprint density at radius 3 is 3.06 bits per heavy atom. The molecule has 1 aromatic carbocycles. The van der Waals surface area contributed by atoms with Crippen LogP contribution in [-0.4, -0.2) is 32.7 Å². The lowest BCUT2D eigenvalue weighted by molar-refractivity contribution is -0.140. The summed E-state index contributed by atoms with van der Waals surface area (Å²) in [6.45, 7) is 0. The van der Waals surface area contributed by atoms with Crippen molar-refractivity contribution in [2.45, 2.75) is 5.44 Å². The van der Waals surface area contributed by atoms with Gasteiger partial charge in [0.2, 0.25) is 5.44 Å². The number of carbonyl (C=O) groups is 1. The quantitative estimate of drug-likeness (QED) is 0.834. The second kappa shape index (κ2) is 5.01. The monoisotopic (exact) mass is 250 g/mol. The predicted molar refractivity (Wildman–Crippen MR) is 65.1 cm³/mol. The third kappa shape index (κ3) is 2.65. The molecular formula is C11H10N2O3S. The van der Waals surface area contributed by atoms with Crippen molar-refractivity contribution in [3.05, 3.63) is 30.7 Å². The van der Waals surface area contributed by atoms with Gasteiger partial charge in [-0.3, -0.25) is 0 Å². The van der Waals surface area contributed by atoms with E-state index in [4.69, 9.17) is 9.84 Å². The van der Waals surface area contributed by atoms with Gasteiger partial charge in [0.25, 0.3) is 0 Å². The number of carboxylic acid groups (broad SMARTS) is 1. The van der Waals surface area contributed by atoms with E-state index in [9.17, 15) is 4.79 Å². The molecule has 6 heteroatoms. The summed E-state index contributed by atoms with van der Waals surface area (Å²) in [4.78, 5) is 18.8. The van der Waals surface area contributed by atoms with Gasteiger partial charge in [-0.1, -0.05) is 0 Å². The minimum atomic E-state index is -0.998. The van der Waals surface area contributed by atoms with E-state index in [2.05, 4.69) is 9.97 Å². The molecule has 2 rings (SSSR count). The van der Waals surface area contributed by atoms with Gasteiger partial charge in [-0.2, -0.15) is 0 Å². The first-order chi connectivity index (χ1) is 8.20. The molecule has 1 unspecified atom stereocenters. The average Bonchev–Trinajstić information content (AvgIpc) is 2.35. The van der Waals surface area contributed by atoms with E-state index in [-0.39, 0.29) is 0 Å². The molecule has 0 radical (unpaired) electrons. The van der Waals surface area contributed by atoms with Crippen LogP contribution in [0.4, 0.5) is 0 Å². The van der Waals surface area contributed by atoms with E-state index in [0.29, 0.717) is 5.75 Å². The Labute approximate surface area is 102 Å². The van der Waals surface area contributed by atoms with Gasteiger partial charge in [-0.05, 0) is 24.5 Å². The Kier molecular flexibility index (Phi) is 3.43. The van der Waals surface area contributed by atoms with Gasteiger partial charge in [0.1, 0.15) is 12.1 Å². The number of hydrogen-bond donors (Lipinski definition) is 1. The lowest BCUT2D eigenvalue weighted by Gasteiger charge is -2.12. The topological polar surface area (TPSA) is 72.3 Å². The lowest BCUT2D eigenvalue weighted by atomic mass is 10.2. The molecule has 0 saturated carbocycles. The first-order valence-electron chi connectivity index (χ1n) is 4.83. The average molecular weight is 250 g/mol. The molecule has 0 bridgehead atoms. The van der Waals surface area contributed by atoms with Crippen LogP contribution in [0.15, 0.2) is 30.7 Å². The van der Waals surface area contributed by atoms with E-state index < -0.39 is 11.4 Å². The number of rotatable bonds is 4. The Morgan fingerprint density at radius 1 is 1.53 bits per heavy atom. The van der Waals surface area contributed by atoms with Crippen molar-refractivity contribution < 1.29 is 14.6 Å². The van der Waals surface area contributed by atoms with Gasteiger partial charge in [0.05, 0.1) is 5.52 Å². The summed E-state index contributed by atoms with van der Waals surface area (Å²) in [5, 5.41) is 9.69. The second-order valence-electron chi connectivity index (χ2n) is 3.27. The molecule has 5 nitrogen and oxygen atoms in total. The highest BCUT2D eigenvalue weighted by Gasteiger charge is 2.17. The van der Waals surface area contributed by atoms with Gasteiger partial charge in [0.15, 0.2) is 0 Å². The maximum atomic E-state index is 10.8. The van der Waals surface area contributed by atoms with Gasteiger partial charge in [0, 0.05) is 11.6 Å². The molecule has 0 spiro atoms. The Hall–Kier alpha value is -1.82. The predicted octanol–water partition coefficient (Wildman–Crippen LogP) is 1.78. The Balaban J connectivity index is 2.27. The van der Waals surface area contributed by atoms with Gasteiger partial charge in [-0.15, -0.1) is 11.8 Å². The van der Waals surface area contributed by atoms with E-state index in [0.717, 1.165) is 22.7 Å². The van der Waals surface area contributed by atoms with Crippen LogP contribution < -0.4 is 4.74 Å². The number of benzene rings is 1. The van der Waals surface area contributed by atoms with E-state index >= 15 is 0 Å². The van der Waals surface area contributed by atoms with Crippen molar-refractivity contribution in [2.75, 3.05) is 6.26 Å². The summed E-state index contributed by atoms with van der Waals surface area (Å²) in [5.74, 6) is -0.504. The zero-order valence-corrected chi connectivity index (χ0v) is 9.85. The number of thioether (sulfide) groups is 1. The third-order valence-electron chi connectivity index (χ3n) is 2.13. The summed E-state index contributed by atoms with van der Waals surface area (Å²) in [6.07, 6.45) is 4.80. The van der Waals surface area contributed by atoms with Crippen molar-refractivity contribution in [3.8, 4) is 5.75 Å². The number of ether oxygens (including phenoxy) is 1. The first kappa shape index (κ1) is 11.7. The van der Waals surface area contributed by atoms with Crippen LogP contribution in [0.2, 0.25) is 0 Å². The normalized spacial score (nSPS) is 12.3. The highest BCUT2D eigenvalue weighted by Crippen LogP contribution is 2.21. The summed E-state index contributed by atoms with van der Waals surface area (Å²) in [7, 11) is 0. The second-order valence-corrected chi connectivity index (χ2v) is 4.17. The van der Waals surface area contributed by atoms with Crippen molar-refractivity contribution in [3.63, 3.8) is 0 Å². The Bertz CT molecular complexity index is 547. The fourth-order valence-electron chi connectivity index (χ4n) is 1.36. The van der Waals surface area contributed by atoms with Gasteiger partial charge < -0.3 is 9.84 Å². The Morgan fingerprint density at radius 2 is 2.35 bits per heavy atom. The lowest BCUT2D eigenvalue weighted by Crippen LogP contribution is -2.22. The number of hydrogen-bond acceptors (Lipinski definition) is 5. The van der Waals surface area contributed by atoms with Crippen LogP contribution in [0.1, 0.15) is 0 Å². The zero-order chi connectivity index (χ0) is 12.3. The minimum absolute atomic E-state index is 0.494. The van der Waals surface area contributed by atoms with Crippen LogP contribution in [-0.2, 0) is 4.79 Å². The molecule has 0 aliphatic heterocycles. The van der Waals surface area contributed by atoms with E-state index in [1.807, 2.05) is 0 Å². The number of aromatic nitrogens is 2.